The van der Waals surface area contributed by atoms with E-state index in [0.717, 1.165) is 10.6 Å². The summed E-state index contributed by atoms with van der Waals surface area (Å²) in [4.78, 5) is 23.2. The van der Waals surface area contributed by atoms with Crippen molar-refractivity contribution in [1.82, 2.24) is 5.32 Å². The van der Waals surface area contributed by atoms with Crippen molar-refractivity contribution in [1.29, 1.82) is 0 Å². The van der Waals surface area contributed by atoms with E-state index < -0.39 is 21.9 Å². The van der Waals surface area contributed by atoms with Crippen molar-refractivity contribution in [2.75, 3.05) is 24.2 Å². The second kappa shape index (κ2) is 7.26. The van der Waals surface area contributed by atoms with Crippen LogP contribution in [0.15, 0.2) is 24.3 Å². The molecule has 0 radical (unpaired) electrons. The number of esters is 1. The normalized spacial score (nSPS) is 11.1. The number of anilines is 1. The number of rotatable bonds is 6. The van der Waals surface area contributed by atoms with Crippen LogP contribution in [0.25, 0.3) is 0 Å². The van der Waals surface area contributed by atoms with E-state index in [-0.39, 0.29) is 12.6 Å². The van der Waals surface area contributed by atoms with Crippen LogP contribution in [-0.2, 0) is 19.6 Å². The van der Waals surface area contributed by atoms with E-state index >= 15 is 0 Å². The molecule has 0 saturated carbocycles. The molecule has 1 rings (SSSR count). The van der Waals surface area contributed by atoms with Gasteiger partial charge in [0.25, 0.3) is 0 Å². The quantitative estimate of drug-likeness (QED) is 0.778. The zero-order valence-corrected chi connectivity index (χ0v) is 13.8. The summed E-state index contributed by atoms with van der Waals surface area (Å²) >= 11 is 0. The number of ether oxygens (including phenoxy) is 1. The van der Waals surface area contributed by atoms with Crippen LogP contribution < -0.4 is 9.62 Å². The Hall–Kier alpha value is -2.09. The molecule has 0 aliphatic heterocycles. The maximum Gasteiger partial charge on any atom is 0.337 e. The highest BCUT2D eigenvalue weighted by Gasteiger charge is 2.21. The number of sulfonamides is 1. The number of benzene rings is 1. The zero-order chi connectivity index (χ0) is 16.9. The number of methoxy groups -OCH3 is 1. The first-order valence-corrected chi connectivity index (χ1v) is 8.45. The molecule has 0 saturated heterocycles. The van der Waals surface area contributed by atoms with Crippen LogP contribution in [0.5, 0.6) is 0 Å². The minimum atomic E-state index is -3.63. The van der Waals surface area contributed by atoms with E-state index in [1.54, 1.807) is 13.8 Å². The molecular weight excluding hydrogens is 308 g/mol. The predicted octanol–water partition coefficient (Wildman–Crippen LogP) is 0.764. The molecule has 0 heterocycles. The van der Waals surface area contributed by atoms with E-state index in [2.05, 4.69) is 10.1 Å². The molecule has 0 aliphatic carbocycles. The Morgan fingerprint density at radius 2 is 1.77 bits per heavy atom. The smallest absolute Gasteiger partial charge is 0.337 e. The van der Waals surface area contributed by atoms with Gasteiger partial charge in [-0.15, -0.1) is 0 Å². The van der Waals surface area contributed by atoms with Crippen LogP contribution in [-0.4, -0.2) is 46.2 Å². The van der Waals surface area contributed by atoms with E-state index in [4.69, 9.17) is 0 Å². The fourth-order valence-corrected chi connectivity index (χ4v) is 2.64. The fourth-order valence-electron chi connectivity index (χ4n) is 1.78. The van der Waals surface area contributed by atoms with Gasteiger partial charge in [0.05, 0.1) is 24.6 Å². The van der Waals surface area contributed by atoms with Gasteiger partial charge in [-0.3, -0.25) is 9.10 Å². The molecule has 7 nitrogen and oxygen atoms in total. The number of carbonyl (C=O) groups excluding carboxylic acids is 2. The number of amides is 1. The van der Waals surface area contributed by atoms with Gasteiger partial charge < -0.3 is 10.1 Å². The van der Waals surface area contributed by atoms with Crippen molar-refractivity contribution < 1.29 is 22.7 Å². The zero-order valence-electron chi connectivity index (χ0n) is 13.0. The molecule has 0 bridgehead atoms. The fraction of sp³-hybridized carbons (Fsp3) is 0.429. The second-order valence-corrected chi connectivity index (χ2v) is 6.94. The maximum absolute atomic E-state index is 11.9. The van der Waals surface area contributed by atoms with Crippen LogP contribution in [0.3, 0.4) is 0 Å². The monoisotopic (exact) mass is 328 g/mol. The summed E-state index contributed by atoms with van der Waals surface area (Å²) in [7, 11) is -2.37. The molecule has 1 N–H and O–H groups in total. The second-order valence-electron chi connectivity index (χ2n) is 5.03. The number of nitrogens with zero attached hydrogens (tertiary/aromatic N) is 1. The number of carbonyl (C=O) groups is 2. The standard InChI is InChI=1S/C14H20N2O5S/c1-10(2)15-13(17)9-16(22(4,19)20)12-7-5-11(6-8-12)14(18)21-3/h5-8,10H,9H2,1-4H3,(H,15,17). The average molecular weight is 328 g/mol. The first kappa shape index (κ1) is 18.0. The molecule has 0 atom stereocenters. The average Bonchev–Trinajstić information content (AvgIpc) is 2.42. The highest BCUT2D eigenvalue weighted by Crippen LogP contribution is 2.18. The summed E-state index contributed by atoms with van der Waals surface area (Å²) in [6, 6.07) is 5.71. The Bertz CT molecular complexity index is 638. The molecule has 0 aliphatic rings. The van der Waals surface area contributed by atoms with Crippen LogP contribution in [0.2, 0.25) is 0 Å². The highest BCUT2D eigenvalue weighted by molar-refractivity contribution is 7.92. The molecule has 0 unspecified atom stereocenters. The molecular formula is C14H20N2O5S. The first-order valence-electron chi connectivity index (χ1n) is 6.60. The van der Waals surface area contributed by atoms with E-state index in [1.165, 1.54) is 31.4 Å². The van der Waals surface area contributed by atoms with Crippen molar-refractivity contribution in [3.05, 3.63) is 29.8 Å². The first-order chi connectivity index (χ1) is 10.1. The molecule has 22 heavy (non-hydrogen) atoms. The van der Waals surface area contributed by atoms with Crippen LogP contribution in [0.4, 0.5) is 5.69 Å². The van der Waals surface area contributed by atoms with Crippen molar-refractivity contribution >= 4 is 27.6 Å². The Morgan fingerprint density at radius 1 is 1.23 bits per heavy atom. The lowest BCUT2D eigenvalue weighted by Gasteiger charge is -2.22. The lowest BCUT2D eigenvalue weighted by atomic mass is 10.2. The van der Waals surface area contributed by atoms with Gasteiger partial charge in [-0.2, -0.15) is 0 Å². The van der Waals surface area contributed by atoms with Gasteiger partial charge in [-0.05, 0) is 38.1 Å². The Morgan fingerprint density at radius 3 is 2.18 bits per heavy atom. The summed E-state index contributed by atoms with van der Waals surface area (Å²) < 4.78 is 29.3. The van der Waals surface area contributed by atoms with Gasteiger partial charge in [0.1, 0.15) is 6.54 Å². The third-order valence-electron chi connectivity index (χ3n) is 2.71. The van der Waals surface area contributed by atoms with Gasteiger partial charge in [0.15, 0.2) is 0 Å². The largest absolute Gasteiger partial charge is 0.465 e. The van der Waals surface area contributed by atoms with Crippen LogP contribution in [0.1, 0.15) is 24.2 Å². The molecule has 1 amide bonds. The van der Waals surface area contributed by atoms with Crippen molar-refractivity contribution in [2.45, 2.75) is 19.9 Å². The molecule has 0 spiro atoms. The third-order valence-corrected chi connectivity index (χ3v) is 3.85. The van der Waals surface area contributed by atoms with E-state index in [0.29, 0.717) is 11.3 Å². The van der Waals surface area contributed by atoms with E-state index in [9.17, 15) is 18.0 Å². The van der Waals surface area contributed by atoms with Gasteiger partial charge in [0.2, 0.25) is 15.9 Å². The lowest BCUT2D eigenvalue weighted by molar-refractivity contribution is -0.120. The highest BCUT2D eigenvalue weighted by atomic mass is 32.2. The topological polar surface area (TPSA) is 92.8 Å². The summed E-state index contributed by atoms with van der Waals surface area (Å²) in [5.41, 5.74) is 0.598. The van der Waals surface area contributed by atoms with Crippen molar-refractivity contribution in [2.24, 2.45) is 0 Å². The summed E-state index contributed by atoms with van der Waals surface area (Å²) in [6.07, 6.45) is 1.02. The van der Waals surface area contributed by atoms with Crippen molar-refractivity contribution in [3.8, 4) is 0 Å². The van der Waals surface area contributed by atoms with Gasteiger partial charge in [-0.25, -0.2) is 13.2 Å². The summed E-state index contributed by atoms with van der Waals surface area (Å²) in [5, 5.41) is 2.63. The van der Waals surface area contributed by atoms with Crippen LogP contribution >= 0.6 is 0 Å². The molecule has 1 aromatic carbocycles. The van der Waals surface area contributed by atoms with Gasteiger partial charge in [0, 0.05) is 6.04 Å². The number of hydrogen-bond donors (Lipinski definition) is 1. The lowest BCUT2D eigenvalue weighted by Crippen LogP contribution is -2.42. The third kappa shape index (κ3) is 5.03. The Balaban J connectivity index is 3.03. The van der Waals surface area contributed by atoms with Gasteiger partial charge >= 0.3 is 5.97 Å². The Labute approximate surface area is 130 Å². The molecule has 1 aromatic rings. The molecule has 0 fully saturated rings. The van der Waals surface area contributed by atoms with Crippen molar-refractivity contribution in [3.63, 3.8) is 0 Å². The van der Waals surface area contributed by atoms with Gasteiger partial charge in [-0.1, -0.05) is 0 Å². The maximum atomic E-state index is 11.9. The van der Waals surface area contributed by atoms with E-state index in [1.807, 2.05) is 0 Å². The minimum absolute atomic E-state index is 0.0874. The predicted molar refractivity (Wildman–Crippen MR) is 83.3 cm³/mol. The molecule has 0 aromatic heterocycles. The Kier molecular flexibility index (Phi) is 5.92. The minimum Gasteiger partial charge on any atom is -0.465 e. The number of hydrogen-bond acceptors (Lipinski definition) is 5. The molecule has 122 valence electrons. The number of nitrogens with one attached hydrogen (secondary N) is 1. The summed E-state index contributed by atoms with van der Waals surface area (Å²) in [6.45, 7) is 3.25. The van der Waals surface area contributed by atoms with Crippen LogP contribution in [0, 0.1) is 0 Å². The molecule has 8 heteroatoms. The summed E-state index contributed by atoms with van der Waals surface area (Å²) in [5.74, 6) is -0.924. The SMILES string of the molecule is COC(=O)c1ccc(N(CC(=O)NC(C)C)S(C)(=O)=O)cc1.